The lowest BCUT2D eigenvalue weighted by molar-refractivity contribution is -0.136. The van der Waals surface area contributed by atoms with Gasteiger partial charge in [0.05, 0.1) is 25.3 Å². The highest BCUT2D eigenvalue weighted by molar-refractivity contribution is 5.98. The van der Waals surface area contributed by atoms with E-state index in [2.05, 4.69) is 68.5 Å². The van der Waals surface area contributed by atoms with Gasteiger partial charge in [-0.25, -0.2) is 0 Å². The average Bonchev–Trinajstić information content (AvgIpc) is 0.995. The summed E-state index contributed by atoms with van der Waals surface area (Å²) in [5.74, 6) is -10.8. The number of aliphatic hydroxyl groups is 2. The van der Waals surface area contributed by atoms with Gasteiger partial charge in [0.25, 0.3) is 0 Å². The SMILES string of the molecule is C[C@H](NC(=O)CNC(=O)[C@@H](NC(=O)[C@H](Cc1ccccc1)NC(=O)CCNC(=O)[C@@H](N)Cc1ccccc1)[C@@H](C)O)C(=O)N[C@@H](CCCN=C(N)N)C(=O)N[C@@H](CCCCN)C(=O)N[C@@H](CO)C(=O)N[C@@H](C)C(=O)N[C@@H](CCCN=C(N)N)C(=O)N[C@@H](CCCCN)C(N)=O. The number of primary amides is 1. The molecule has 0 aliphatic heterocycles. The van der Waals surface area contributed by atoms with E-state index >= 15 is 0 Å². The molecule has 35 heteroatoms. The van der Waals surface area contributed by atoms with Gasteiger partial charge in [0.15, 0.2) is 11.9 Å². The van der Waals surface area contributed by atoms with Gasteiger partial charge in [-0.2, -0.15) is 0 Å². The van der Waals surface area contributed by atoms with Crippen LogP contribution in [-0.2, 0) is 70.4 Å². The monoisotopic (exact) mass is 1340 g/mol. The van der Waals surface area contributed by atoms with E-state index in [0.29, 0.717) is 31.4 Å². The van der Waals surface area contributed by atoms with Crippen LogP contribution in [0, 0.1) is 0 Å². The highest BCUT2D eigenvalue weighted by Gasteiger charge is 2.34. The van der Waals surface area contributed by atoms with Gasteiger partial charge in [-0.15, -0.1) is 0 Å². The van der Waals surface area contributed by atoms with Crippen LogP contribution in [0.1, 0.15) is 103 Å². The van der Waals surface area contributed by atoms with Crippen molar-refractivity contribution in [1.29, 1.82) is 0 Å². The van der Waals surface area contributed by atoms with Gasteiger partial charge in [-0.3, -0.25) is 67.5 Å². The number of hydrogen-bond acceptors (Lipinski definition) is 19. The molecule has 0 aliphatic rings. The minimum Gasteiger partial charge on any atom is -0.394 e. The predicted octanol–water partition coefficient (Wildman–Crippen LogP) is -7.95. The number of hydrogen-bond donors (Lipinski definition) is 21. The number of nitrogens with zero attached hydrogens (tertiary/aromatic N) is 2. The summed E-state index contributed by atoms with van der Waals surface area (Å²) >= 11 is 0. The highest BCUT2D eigenvalue weighted by Crippen LogP contribution is 2.10. The maximum Gasteiger partial charge on any atom is 0.245 e. The lowest BCUT2D eigenvalue weighted by Crippen LogP contribution is -2.60. The van der Waals surface area contributed by atoms with Crippen molar-refractivity contribution in [2.75, 3.05) is 45.9 Å². The average molecular weight is 1340 g/mol. The number of aliphatic hydroxyl groups excluding tert-OH is 2. The molecule has 35 nitrogen and oxygen atoms in total. The first-order valence-corrected chi connectivity index (χ1v) is 31.3. The van der Waals surface area contributed by atoms with Gasteiger partial charge in [-0.05, 0) is 116 Å². The van der Waals surface area contributed by atoms with E-state index in [-0.39, 0.29) is 102 Å². The molecule has 0 saturated heterocycles. The van der Waals surface area contributed by atoms with Crippen molar-refractivity contribution in [2.24, 2.45) is 55.9 Å². The van der Waals surface area contributed by atoms with E-state index in [0.717, 1.165) is 5.56 Å². The zero-order valence-electron chi connectivity index (χ0n) is 54.1. The molecule has 0 aliphatic carbocycles. The summed E-state index contributed by atoms with van der Waals surface area (Å²) in [6, 6.07) is 4.04. The molecular weight excluding hydrogens is 1240 g/mol. The van der Waals surface area contributed by atoms with E-state index in [1.54, 1.807) is 30.3 Å². The van der Waals surface area contributed by atoms with Crippen molar-refractivity contribution in [3.8, 4) is 0 Å². The summed E-state index contributed by atoms with van der Waals surface area (Å²) in [6.07, 6.45) is 0.236. The molecule has 0 fully saturated rings. The molecule has 0 radical (unpaired) electrons. The third-order valence-corrected chi connectivity index (χ3v) is 14.4. The molecular formula is C60H99N21O14. The number of unbranched alkanes of at least 4 members (excludes halogenated alkanes) is 2. The van der Waals surface area contributed by atoms with Gasteiger partial charge in [0.2, 0.25) is 70.9 Å². The number of carbonyl (C=O) groups excluding carboxylic acids is 12. The summed E-state index contributed by atoms with van der Waals surface area (Å²) in [5, 5.41) is 48.2. The van der Waals surface area contributed by atoms with Gasteiger partial charge >= 0.3 is 0 Å². The molecule has 12 amide bonds. The lowest BCUT2D eigenvalue weighted by Gasteiger charge is -2.26. The third kappa shape index (κ3) is 33.2. The number of carbonyl (C=O) groups is 12. The molecule has 95 heavy (non-hydrogen) atoms. The van der Waals surface area contributed by atoms with Crippen LogP contribution in [0.2, 0.25) is 0 Å². The first kappa shape index (κ1) is 81.5. The minimum absolute atomic E-state index is 0.0138. The molecule has 528 valence electrons. The summed E-state index contributed by atoms with van der Waals surface area (Å²) in [7, 11) is 0. The van der Waals surface area contributed by atoms with Crippen molar-refractivity contribution < 1.29 is 67.7 Å². The standard InChI is InChI=1S/C60H99N21O14/c1-34(73-47(85)32-72-58(95)48(36(3)83)81-56(93)44(31-38-18-8-5-9-19-38)75-46(84)24-29-69-52(89)39(63)30-37-16-6-4-7-17-37)50(87)77-43(23-15-28-71-60(67)68)54(91)79-41(21-11-13-26-62)55(92)80-45(33-82)57(94)74-35(2)51(88)78-42(22-14-27-70-59(65)66)53(90)76-40(49(64)86)20-10-12-25-61/h4-9,16-19,34-36,39-45,48,82-83H,10-15,20-33,61-63H2,1-3H3,(H2,64,86)(H,69,89)(H,72,95)(H,73,85)(H,74,94)(H,75,84)(H,76,90)(H,77,87)(H,78,88)(H,79,91)(H,80,92)(H,81,93)(H4,65,66,70)(H4,67,68,71)/t34-,35-,36+,39-,40-,41-,42-,43-,44-,45-,48-/m0/s1. The van der Waals surface area contributed by atoms with E-state index in [1.807, 2.05) is 30.3 Å². The zero-order valence-corrected chi connectivity index (χ0v) is 54.1. The number of benzene rings is 2. The topological polar surface area (TPSA) is 611 Å². The number of nitrogens with one attached hydrogen (secondary N) is 11. The fourth-order valence-electron chi connectivity index (χ4n) is 9.08. The smallest absolute Gasteiger partial charge is 0.245 e. The van der Waals surface area contributed by atoms with E-state index in [9.17, 15) is 67.7 Å². The number of aliphatic imine (C=N–C) groups is 2. The van der Waals surface area contributed by atoms with Gasteiger partial charge < -0.3 is 115 Å². The molecule has 29 N–H and O–H groups in total. The van der Waals surface area contributed by atoms with Gasteiger partial charge in [0.1, 0.15) is 54.4 Å². The Morgan fingerprint density at radius 3 is 1.33 bits per heavy atom. The van der Waals surface area contributed by atoms with Crippen LogP contribution in [0.5, 0.6) is 0 Å². The van der Waals surface area contributed by atoms with Gasteiger partial charge in [-0.1, -0.05) is 60.7 Å². The number of nitrogens with two attached hydrogens (primary N) is 8. The third-order valence-electron chi connectivity index (χ3n) is 14.4. The fraction of sp³-hybridized carbons (Fsp3) is 0.567. The zero-order chi connectivity index (χ0) is 71.0. The predicted molar refractivity (Wildman–Crippen MR) is 351 cm³/mol. The Morgan fingerprint density at radius 1 is 0.442 bits per heavy atom. The van der Waals surface area contributed by atoms with Crippen molar-refractivity contribution in [3.05, 3.63) is 71.8 Å². The Kier molecular flexibility index (Phi) is 38.5. The molecule has 11 atom stereocenters. The highest BCUT2D eigenvalue weighted by atomic mass is 16.3. The maximum atomic E-state index is 14.1. The Balaban J connectivity index is 2.18. The van der Waals surface area contributed by atoms with Crippen LogP contribution in [0.25, 0.3) is 0 Å². The molecule has 0 unspecified atom stereocenters. The fourth-order valence-corrected chi connectivity index (χ4v) is 9.08. The first-order valence-electron chi connectivity index (χ1n) is 31.3. The van der Waals surface area contributed by atoms with Crippen LogP contribution in [0.4, 0.5) is 0 Å². The van der Waals surface area contributed by atoms with Crippen LogP contribution < -0.4 is 104 Å². The second-order valence-electron chi connectivity index (χ2n) is 22.5. The Labute approximate surface area is 551 Å². The molecule has 2 aromatic rings. The quantitative estimate of drug-likeness (QED) is 0.0166. The summed E-state index contributed by atoms with van der Waals surface area (Å²) < 4.78 is 0. The largest absolute Gasteiger partial charge is 0.394 e. The Hall–Kier alpha value is -9.58. The summed E-state index contributed by atoms with van der Waals surface area (Å²) in [5.41, 5.74) is 46.2. The van der Waals surface area contributed by atoms with Crippen LogP contribution >= 0.6 is 0 Å². The summed E-state index contributed by atoms with van der Waals surface area (Å²) in [6.45, 7) is 2.38. The maximum absolute atomic E-state index is 14.1. The second kappa shape index (κ2) is 44.9. The molecule has 0 bridgehead atoms. The van der Waals surface area contributed by atoms with Gasteiger partial charge in [0, 0.05) is 32.5 Å². The number of rotatable bonds is 46. The van der Waals surface area contributed by atoms with Crippen molar-refractivity contribution in [3.63, 3.8) is 0 Å². The number of amides is 12. The molecule has 0 saturated carbocycles. The van der Waals surface area contributed by atoms with Crippen molar-refractivity contribution in [1.82, 2.24) is 58.5 Å². The Morgan fingerprint density at radius 2 is 0.863 bits per heavy atom. The molecule has 0 spiro atoms. The van der Waals surface area contributed by atoms with E-state index < -0.39 is 151 Å². The van der Waals surface area contributed by atoms with E-state index in [4.69, 9.17) is 45.9 Å². The van der Waals surface area contributed by atoms with Crippen molar-refractivity contribution >= 4 is 82.8 Å². The normalized spacial score (nSPS) is 14.4. The van der Waals surface area contributed by atoms with Crippen LogP contribution in [-0.4, -0.2) is 205 Å². The second-order valence-corrected chi connectivity index (χ2v) is 22.5. The van der Waals surface area contributed by atoms with Crippen LogP contribution in [0.15, 0.2) is 70.6 Å². The van der Waals surface area contributed by atoms with Crippen molar-refractivity contribution in [2.45, 2.75) is 171 Å². The molecule has 0 heterocycles. The Bertz CT molecular complexity index is 2860. The first-order chi connectivity index (χ1) is 45.1. The lowest BCUT2D eigenvalue weighted by atomic mass is 10.0. The van der Waals surface area contributed by atoms with Crippen LogP contribution in [0.3, 0.4) is 0 Å². The number of guanidine groups is 2. The molecule has 0 aromatic heterocycles. The van der Waals surface area contributed by atoms with E-state index in [1.165, 1.54) is 20.8 Å². The molecule has 2 rings (SSSR count). The molecule has 2 aromatic carbocycles. The summed E-state index contributed by atoms with van der Waals surface area (Å²) in [4.78, 5) is 169. The minimum atomic E-state index is -1.72.